The van der Waals surface area contributed by atoms with Gasteiger partial charge in [-0.3, -0.25) is 4.90 Å². The molecular weight excluding hydrogens is 341 g/mol. The first kappa shape index (κ1) is 17.9. The molecule has 1 aliphatic rings. The molecule has 1 aliphatic heterocycles. The van der Waals surface area contributed by atoms with Crippen LogP contribution in [0.2, 0.25) is 0 Å². The SMILES string of the molecule is O=C(O)[C@@H]1CC(O)(c2cccc(F)c2)CN1C(=O)OCc1ccccc1. The van der Waals surface area contributed by atoms with Crippen molar-refractivity contribution in [3.05, 3.63) is 71.5 Å². The Balaban J connectivity index is 1.77. The van der Waals surface area contributed by atoms with Crippen molar-refractivity contribution < 1.29 is 28.9 Å². The average molecular weight is 359 g/mol. The van der Waals surface area contributed by atoms with Gasteiger partial charge in [-0.2, -0.15) is 0 Å². The zero-order valence-electron chi connectivity index (χ0n) is 13.8. The number of aliphatic hydroxyl groups is 1. The van der Waals surface area contributed by atoms with Gasteiger partial charge in [0.2, 0.25) is 0 Å². The molecule has 1 amide bonds. The van der Waals surface area contributed by atoms with Crippen LogP contribution in [0, 0.1) is 5.82 Å². The number of carboxylic acids is 1. The number of aliphatic carboxylic acids is 1. The summed E-state index contributed by atoms with van der Waals surface area (Å²) in [4.78, 5) is 24.9. The highest BCUT2D eigenvalue weighted by Gasteiger charge is 2.49. The van der Waals surface area contributed by atoms with Crippen LogP contribution < -0.4 is 0 Å². The van der Waals surface area contributed by atoms with Gasteiger partial charge in [0.05, 0.1) is 6.54 Å². The van der Waals surface area contributed by atoms with Crippen LogP contribution in [0.5, 0.6) is 0 Å². The summed E-state index contributed by atoms with van der Waals surface area (Å²) in [5, 5.41) is 20.2. The predicted molar refractivity (Wildman–Crippen MR) is 89.7 cm³/mol. The molecule has 0 saturated carbocycles. The molecule has 1 saturated heterocycles. The summed E-state index contributed by atoms with van der Waals surface area (Å²) >= 11 is 0. The van der Waals surface area contributed by atoms with Crippen LogP contribution in [-0.2, 0) is 21.7 Å². The number of benzene rings is 2. The van der Waals surface area contributed by atoms with Crippen molar-refractivity contribution in [3.63, 3.8) is 0 Å². The van der Waals surface area contributed by atoms with E-state index in [9.17, 15) is 24.2 Å². The zero-order valence-corrected chi connectivity index (χ0v) is 13.8. The molecule has 0 spiro atoms. The smallest absolute Gasteiger partial charge is 0.410 e. The van der Waals surface area contributed by atoms with E-state index >= 15 is 0 Å². The number of likely N-dealkylation sites (tertiary alicyclic amines) is 1. The summed E-state index contributed by atoms with van der Waals surface area (Å²) in [5.41, 5.74) is -0.675. The molecule has 2 atom stereocenters. The Morgan fingerprint density at radius 1 is 1.19 bits per heavy atom. The van der Waals surface area contributed by atoms with Gasteiger partial charge in [-0.25, -0.2) is 14.0 Å². The maximum absolute atomic E-state index is 13.5. The van der Waals surface area contributed by atoms with E-state index in [4.69, 9.17) is 4.74 Å². The maximum Gasteiger partial charge on any atom is 0.410 e. The number of carboxylic acid groups (broad SMARTS) is 1. The number of nitrogens with zero attached hydrogens (tertiary/aromatic N) is 1. The molecule has 0 radical (unpaired) electrons. The Morgan fingerprint density at radius 2 is 1.92 bits per heavy atom. The molecule has 0 aromatic heterocycles. The quantitative estimate of drug-likeness (QED) is 0.876. The lowest BCUT2D eigenvalue weighted by molar-refractivity contribution is -0.141. The van der Waals surface area contributed by atoms with E-state index in [1.165, 1.54) is 18.2 Å². The minimum absolute atomic E-state index is 0.0130. The fourth-order valence-electron chi connectivity index (χ4n) is 3.09. The minimum Gasteiger partial charge on any atom is -0.480 e. The third-order valence-corrected chi connectivity index (χ3v) is 4.43. The maximum atomic E-state index is 13.5. The number of carbonyl (C=O) groups is 2. The fraction of sp³-hybridized carbons (Fsp3) is 0.263. The van der Waals surface area contributed by atoms with E-state index in [2.05, 4.69) is 0 Å². The molecule has 1 fully saturated rings. The van der Waals surface area contributed by atoms with Crippen LogP contribution in [-0.4, -0.2) is 39.8 Å². The largest absolute Gasteiger partial charge is 0.480 e. The van der Waals surface area contributed by atoms with Crippen LogP contribution in [0.4, 0.5) is 9.18 Å². The second-order valence-corrected chi connectivity index (χ2v) is 6.27. The van der Waals surface area contributed by atoms with Crippen molar-refractivity contribution in [1.29, 1.82) is 0 Å². The van der Waals surface area contributed by atoms with E-state index in [-0.39, 0.29) is 25.1 Å². The molecule has 6 nitrogen and oxygen atoms in total. The molecule has 1 heterocycles. The summed E-state index contributed by atoms with van der Waals surface area (Å²) in [6.45, 7) is -0.304. The highest BCUT2D eigenvalue weighted by Crippen LogP contribution is 2.36. The van der Waals surface area contributed by atoms with Crippen LogP contribution in [0.3, 0.4) is 0 Å². The normalized spacial score (nSPS) is 22.2. The lowest BCUT2D eigenvalue weighted by atomic mass is 9.91. The highest BCUT2D eigenvalue weighted by atomic mass is 19.1. The average Bonchev–Trinajstić information content (AvgIpc) is 3.00. The molecule has 2 aromatic carbocycles. The first-order valence-corrected chi connectivity index (χ1v) is 8.07. The van der Waals surface area contributed by atoms with Gasteiger partial charge in [0.25, 0.3) is 0 Å². The molecule has 7 heteroatoms. The third kappa shape index (κ3) is 3.67. The van der Waals surface area contributed by atoms with Crippen LogP contribution in [0.25, 0.3) is 0 Å². The van der Waals surface area contributed by atoms with E-state index in [1.807, 2.05) is 6.07 Å². The van der Waals surface area contributed by atoms with Crippen molar-refractivity contribution in [3.8, 4) is 0 Å². The molecule has 136 valence electrons. The van der Waals surface area contributed by atoms with Gasteiger partial charge in [0.15, 0.2) is 0 Å². The van der Waals surface area contributed by atoms with E-state index in [0.717, 1.165) is 16.5 Å². The van der Waals surface area contributed by atoms with E-state index in [0.29, 0.717) is 0 Å². The lowest BCUT2D eigenvalue weighted by Gasteiger charge is -2.23. The van der Waals surface area contributed by atoms with E-state index < -0.39 is 29.5 Å². The van der Waals surface area contributed by atoms with Gasteiger partial charge in [0.1, 0.15) is 24.1 Å². The molecule has 2 aromatic rings. The summed E-state index contributed by atoms with van der Waals surface area (Å²) in [5.74, 6) is -1.80. The van der Waals surface area contributed by atoms with Crippen LogP contribution in [0.1, 0.15) is 17.5 Å². The van der Waals surface area contributed by atoms with Gasteiger partial charge in [-0.15, -0.1) is 0 Å². The third-order valence-electron chi connectivity index (χ3n) is 4.43. The summed E-state index contributed by atoms with van der Waals surface area (Å²) in [7, 11) is 0. The zero-order chi connectivity index (χ0) is 18.7. The standard InChI is InChI=1S/C19H18FNO5/c20-15-8-4-7-14(9-15)19(25)10-16(17(22)23)21(12-19)18(24)26-11-13-5-2-1-3-6-13/h1-9,16,25H,10-12H2,(H,22,23)/t16-,19?/m0/s1. The summed E-state index contributed by atoms with van der Waals surface area (Å²) < 4.78 is 18.7. The van der Waals surface area contributed by atoms with Crippen molar-refractivity contribution in [2.75, 3.05) is 6.54 Å². The number of rotatable bonds is 4. The number of halogens is 1. The van der Waals surface area contributed by atoms with E-state index in [1.54, 1.807) is 24.3 Å². The Morgan fingerprint density at radius 3 is 2.58 bits per heavy atom. The van der Waals surface area contributed by atoms with Gasteiger partial charge < -0.3 is 14.9 Å². The monoisotopic (exact) mass is 359 g/mol. The Bertz CT molecular complexity index is 813. The van der Waals surface area contributed by atoms with Gasteiger partial charge in [0, 0.05) is 6.42 Å². The van der Waals surface area contributed by atoms with Crippen LogP contribution >= 0.6 is 0 Å². The number of amides is 1. The molecule has 0 aliphatic carbocycles. The molecule has 0 bridgehead atoms. The van der Waals surface area contributed by atoms with Crippen molar-refractivity contribution in [1.82, 2.24) is 4.90 Å². The number of carbonyl (C=O) groups excluding carboxylic acids is 1. The molecule has 3 rings (SSSR count). The Kier molecular flexibility index (Phi) is 4.90. The first-order valence-electron chi connectivity index (χ1n) is 8.07. The second kappa shape index (κ2) is 7.13. The van der Waals surface area contributed by atoms with Crippen molar-refractivity contribution in [2.24, 2.45) is 0 Å². The number of ether oxygens (including phenoxy) is 1. The first-order chi connectivity index (χ1) is 12.4. The molecule has 26 heavy (non-hydrogen) atoms. The second-order valence-electron chi connectivity index (χ2n) is 6.27. The van der Waals surface area contributed by atoms with Crippen LogP contribution in [0.15, 0.2) is 54.6 Å². The molecule has 2 N–H and O–H groups in total. The summed E-state index contributed by atoms with van der Waals surface area (Å²) in [6.07, 6.45) is -1.08. The highest BCUT2D eigenvalue weighted by molar-refractivity contribution is 5.81. The Labute approximate surface area is 149 Å². The minimum atomic E-state index is -1.66. The van der Waals surface area contributed by atoms with Gasteiger partial charge in [-0.1, -0.05) is 42.5 Å². The van der Waals surface area contributed by atoms with Gasteiger partial charge in [-0.05, 0) is 23.3 Å². The molecule has 1 unspecified atom stereocenters. The number of β-amino-alcohol motifs (C(OH)–C–C–N with tert-alkyl or cyclic N) is 1. The van der Waals surface area contributed by atoms with Gasteiger partial charge >= 0.3 is 12.1 Å². The number of hydrogen-bond acceptors (Lipinski definition) is 4. The Hall–Kier alpha value is -2.93. The molecular formula is C19H18FNO5. The number of hydrogen-bond donors (Lipinski definition) is 2. The fourth-order valence-corrected chi connectivity index (χ4v) is 3.09. The summed E-state index contributed by atoms with van der Waals surface area (Å²) in [6, 6.07) is 13.0. The van der Waals surface area contributed by atoms with Crippen molar-refractivity contribution in [2.45, 2.75) is 24.7 Å². The van der Waals surface area contributed by atoms with Crippen molar-refractivity contribution >= 4 is 12.1 Å². The topological polar surface area (TPSA) is 87.1 Å². The predicted octanol–water partition coefficient (Wildman–Crippen LogP) is 2.51. The lowest BCUT2D eigenvalue weighted by Crippen LogP contribution is -2.41.